The lowest BCUT2D eigenvalue weighted by atomic mass is 9.69. The van der Waals surface area contributed by atoms with Crippen LogP contribution in [0.1, 0.15) is 109 Å². The van der Waals surface area contributed by atoms with Gasteiger partial charge in [0.05, 0.1) is 0 Å². The topological polar surface area (TPSA) is 48.0 Å². The third-order valence-corrected chi connectivity index (χ3v) is 7.86. The predicted molar refractivity (Wildman–Crippen MR) is 175 cm³/mol. The van der Waals surface area contributed by atoms with Crippen molar-refractivity contribution in [1.82, 2.24) is 4.90 Å². The van der Waals surface area contributed by atoms with Gasteiger partial charge < -0.3 is 19.1 Å². The van der Waals surface area contributed by atoms with Gasteiger partial charge in [0.15, 0.2) is 0 Å². The summed E-state index contributed by atoms with van der Waals surface area (Å²) in [5.41, 5.74) is 4.74. The fourth-order valence-corrected chi connectivity index (χ4v) is 6.11. The maximum absolute atomic E-state index is 12.4. The Bertz CT molecular complexity index is 1310. The van der Waals surface area contributed by atoms with Crippen molar-refractivity contribution in [1.29, 1.82) is 0 Å². The number of piperidine rings is 1. The van der Waals surface area contributed by atoms with Crippen molar-refractivity contribution in [3.63, 3.8) is 0 Å². The maximum Gasteiger partial charge on any atom is 0.410 e. The molecule has 1 aliphatic heterocycles. The smallest absolute Gasteiger partial charge is 0.410 e. The van der Waals surface area contributed by atoms with E-state index in [1.54, 1.807) is 4.90 Å². The van der Waals surface area contributed by atoms with Gasteiger partial charge in [-0.05, 0) is 107 Å². The number of hydrogen-bond acceptors (Lipinski definition) is 4. The molecule has 2 unspecified atom stereocenters. The minimum Gasteiger partial charge on any atom is -0.490 e. The van der Waals surface area contributed by atoms with Crippen LogP contribution in [0.15, 0.2) is 72.8 Å². The summed E-state index contributed by atoms with van der Waals surface area (Å²) >= 11 is 0. The Kier molecular flexibility index (Phi) is 10.5. The predicted octanol–water partition coefficient (Wildman–Crippen LogP) is 9.53. The molecule has 1 saturated heterocycles. The Labute approximate surface area is 259 Å². The van der Waals surface area contributed by atoms with Crippen LogP contribution in [0, 0.1) is 0 Å². The first-order chi connectivity index (χ1) is 20.4. The van der Waals surface area contributed by atoms with E-state index >= 15 is 0 Å². The Morgan fingerprint density at radius 2 is 1.37 bits per heavy atom. The third kappa shape index (κ3) is 8.78. The molecule has 1 fully saturated rings. The largest absolute Gasteiger partial charge is 0.490 e. The zero-order chi connectivity index (χ0) is 31.2. The average molecular weight is 586 g/mol. The van der Waals surface area contributed by atoms with Gasteiger partial charge >= 0.3 is 6.09 Å². The molecule has 2 aliphatic rings. The van der Waals surface area contributed by atoms with Gasteiger partial charge in [-0.1, -0.05) is 62.4 Å². The monoisotopic (exact) mass is 585 g/mol. The van der Waals surface area contributed by atoms with E-state index in [2.05, 4.69) is 93.6 Å². The van der Waals surface area contributed by atoms with E-state index < -0.39 is 5.60 Å². The van der Waals surface area contributed by atoms with Crippen LogP contribution < -0.4 is 9.47 Å². The van der Waals surface area contributed by atoms with Gasteiger partial charge in [-0.2, -0.15) is 0 Å². The number of likely N-dealkylation sites (tertiary alicyclic amines) is 1. The molecule has 2 atom stereocenters. The number of carbonyl (C=O) groups is 1. The normalized spacial score (nSPS) is 19.0. The van der Waals surface area contributed by atoms with Gasteiger partial charge in [-0.25, -0.2) is 4.79 Å². The molecule has 43 heavy (non-hydrogen) atoms. The molecule has 5 rings (SSSR count). The Morgan fingerprint density at radius 3 is 1.98 bits per heavy atom. The fraction of sp³-hybridized carbons (Fsp3) is 0.500. The van der Waals surface area contributed by atoms with E-state index in [1.807, 2.05) is 34.6 Å². The first-order valence-electron chi connectivity index (χ1n) is 16.1. The molecule has 3 aromatic rings. The molecule has 0 saturated carbocycles. The highest BCUT2D eigenvalue weighted by atomic mass is 16.6. The highest BCUT2D eigenvalue weighted by Gasteiger charge is 2.33. The summed E-state index contributed by atoms with van der Waals surface area (Å²) in [6.07, 6.45) is 3.58. The fourth-order valence-electron chi connectivity index (χ4n) is 6.11. The van der Waals surface area contributed by atoms with Crippen LogP contribution in [0.25, 0.3) is 0 Å². The first kappa shape index (κ1) is 32.4. The zero-order valence-corrected chi connectivity index (χ0v) is 27.5. The number of carbonyl (C=O) groups excluding carboxylic acids is 1. The van der Waals surface area contributed by atoms with E-state index in [0.29, 0.717) is 19.0 Å². The molecule has 0 N–H and O–H groups in total. The Balaban J connectivity index is 0.00000207. The first-order valence-corrected chi connectivity index (χ1v) is 16.1. The van der Waals surface area contributed by atoms with Crippen molar-refractivity contribution < 1.29 is 19.0 Å². The molecular formula is C38H51NO4. The molecular weight excluding hydrogens is 534 g/mol. The van der Waals surface area contributed by atoms with Gasteiger partial charge in [0.25, 0.3) is 0 Å². The van der Waals surface area contributed by atoms with E-state index in [9.17, 15) is 4.79 Å². The van der Waals surface area contributed by atoms with Crippen LogP contribution >= 0.6 is 0 Å². The molecule has 0 spiro atoms. The average Bonchev–Trinajstić information content (AvgIpc) is 2.97. The molecule has 5 heteroatoms. The molecule has 1 heterocycles. The van der Waals surface area contributed by atoms with Crippen LogP contribution in [0.2, 0.25) is 0 Å². The lowest BCUT2D eigenvalue weighted by molar-refractivity contribution is 0.0126. The lowest BCUT2D eigenvalue weighted by Crippen LogP contribution is -2.44. The van der Waals surface area contributed by atoms with E-state index in [0.717, 1.165) is 37.2 Å². The van der Waals surface area contributed by atoms with Gasteiger partial charge in [-0.3, -0.25) is 0 Å². The summed E-state index contributed by atoms with van der Waals surface area (Å²) in [5.74, 6) is 2.48. The second-order valence-corrected chi connectivity index (χ2v) is 13.5. The summed E-state index contributed by atoms with van der Waals surface area (Å²) in [6, 6.07) is 26.3. The summed E-state index contributed by atoms with van der Waals surface area (Å²) in [5, 5.41) is 0. The third-order valence-electron chi connectivity index (χ3n) is 7.86. The Hall–Kier alpha value is -3.47. The zero-order valence-electron chi connectivity index (χ0n) is 27.5. The number of nitrogens with zero attached hydrogens (tertiary/aromatic N) is 1. The summed E-state index contributed by atoms with van der Waals surface area (Å²) in [6.45, 7) is 17.3. The number of fused-ring (bicyclic) bond motifs is 1. The van der Waals surface area contributed by atoms with Gasteiger partial charge in [0.1, 0.15) is 28.8 Å². The highest BCUT2D eigenvalue weighted by Crippen LogP contribution is 2.47. The molecule has 1 aliphatic carbocycles. The van der Waals surface area contributed by atoms with E-state index in [4.69, 9.17) is 14.2 Å². The molecule has 3 aromatic carbocycles. The summed E-state index contributed by atoms with van der Waals surface area (Å²) < 4.78 is 18.1. The number of aryl methyl sites for hydroxylation is 1. The van der Waals surface area contributed by atoms with Crippen LogP contribution in [0.4, 0.5) is 4.79 Å². The Morgan fingerprint density at radius 1 is 0.744 bits per heavy atom. The maximum atomic E-state index is 12.4. The van der Waals surface area contributed by atoms with Crippen molar-refractivity contribution in [2.75, 3.05) is 13.1 Å². The number of rotatable bonds is 5. The quantitative estimate of drug-likeness (QED) is 0.299. The minimum absolute atomic E-state index is 0.0910. The number of ether oxygens (including phenoxy) is 3. The molecule has 232 valence electrons. The standard InChI is InChI=1S/C36H45NO4.C2H6/c1-35(2,3)40-30-17-19-32-27(24-30)14-18-31(25-10-8-7-9-11-25)33(32)26-12-15-28(16-13-26)39-29-20-22-37(23-21-29)34(38)41-36(4,5)6;1-2/h7-13,15-17,19,24,29,31,33H,14,18,20-23H2,1-6H3;1-2H3. The number of amides is 1. The van der Waals surface area contributed by atoms with Gasteiger partial charge in [0, 0.05) is 31.8 Å². The number of hydrogen-bond donors (Lipinski definition) is 0. The summed E-state index contributed by atoms with van der Waals surface area (Å²) in [7, 11) is 0. The SMILES string of the molecule is CC.CC(C)(C)OC(=O)N1CCC(Oc2ccc(C3c4ccc(OC(C)(C)C)cc4CCC3c3ccccc3)cc2)CC1. The molecule has 0 radical (unpaired) electrons. The molecule has 0 bridgehead atoms. The lowest BCUT2D eigenvalue weighted by Gasteiger charge is -2.35. The van der Waals surface area contributed by atoms with Crippen molar-refractivity contribution in [2.45, 2.75) is 110 Å². The van der Waals surface area contributed by atoms with E-state index in [-0.39, 0.29) is 23.7 Å². The second-order valence-electron chi connectivity index (χ2n) is 13.5. The second kappa shape index (κ2) is 13.9. The molecule has 1 amide bonds. The highest BCUT2D eigenvalue weighted by molar-refractivity contribution is 5.68. The molecule has 0 aromatic heterocycles. The van der Waals surface area contributed by atoms with Crippen LogP contribution in [-0.2, 0) is 11.2 Å². The van der Waals surface area contributed by atoms with Crippen LogP contribution in [0.3, 0.4) is 0 Å². The molecule has 5 nitrogen and oxygen atoms in total. The minimum atomic E-state index is -0.479. The van der Waals surface area contributed by atoms with E-state index in [1.165, 1.54) is 22.3 Å². The van der Waals surface area contributed by atoms with Crippen molar-refractivity contribution >= 4 is 6.09 Å². The number of benzene rings is 3. The van der Waals surface area contributed by atoms with Gasteiger partial charge in [-0.15, -0.1) is 0 Å². The van der Waals surface area contributed by atoms with Gasteiger partial charge in [0.2, 0.25) is 0 Å². The summed E-state index contributed by atoms with van der Waals surface area (Å²) in [4.78, 5) is 14.2. The van der Waals surface area contributed by atoms with Crippen molar-refractivity contribution in [2.24, 2.45) is 0 Å². The van der Waals surface area contributed by atoms with Crippen molar-refractivity contribution in [3.8, 4) is 11.5 Å². The van der Waals surface area contributed by atoms with Crippen LogP contribution in [0.5, 0.6) is 11.5 Å². The van der Waals surface area contributed by atoms with Crippen molar-refractivity contribution in [3.05, 3.63) is 95.1 Å². The van der Waals surface area contributed by atoms with Crippen LogP contribution in [-0.4, -0.2) is 41.4 Å².